The quantitative estimate of drug-likeness (QED) is 0.691. The van der Waals surface area contributed by atoms with Crippen LogP contribution < -0.4 is 11.1 Å². The topological polar surface area (TPSA) is 50.9 Å². The zero-order valence-corrected chi connectivity index (χ0v) is 13.3. The molecule has 0 aliphatic rings. The lowest BCUT2D eigenvalue weighted by atomic mass is 10.1. The molecule has 2 heterocycles. The number of anilines is 2. The van der Waals surface area contributed by atoms with Crippen molar-refractivity contribution in [2.45, 2.75) is 26.8 Å². The van der Waals surface area contributed by atoms with Crippen LogP contribution in [0.25, 0.3) is 10.8 Å². The van der Waals surface area contributed by atoms with E-state index in [-0.39, 0.29) is 6.04 Å². The third-order valence-electron chi connectivity index (χ3n) is 3.78. The van der Waals surface area contributed by atoms with Gasteiger partial charge in [0.05, 0.1) is 11.4 Å². The molecule has 0 aliphatic heterocycles. The zero-order valence-electron chi connectivity index (χ0n) is 12.5. The molecule has 0 saturated heterocycles. The molecular weight excluding hydrogens is 278 g/mol. The first-order valence-electron chi connectivity index (χ1n) is 7.02. The van der Waals surface area contributed by atoms with Crippen molar-refractivity contribution in [2.24, 2.45) is 0 Å². The molecule has 0 spiro atoms. The molecule has 0 aliphatic carbocycles. The Balaban J connectivity index is 1.94. The van der Waals surface area contributed by atoms with Gasteiger partial charge in [-0.15, -0.1) is 11.3 Å². The Morgan fingerprint density at radius 2 is 2.05 bits per heavy atom. The lowest BCUT2D eigenvalue weighted by molar-refractivity contribution is 0.883. The summed E-state index contributed by atoms with van der Waals surface area (Å²) in [5.74, 6) is 0. The third kappa shape index (κ3) is 2.59. The highest BCUT2D eigenvalue weighted by Crippen LogP contribution is 2.33. The molecule has 4 heteroatoms. The fourth-order valence-corrected chi connectivity index (χ4v) is 3.73. The number of nitrogens with zero attached hydrogens (tertiary/aromatic N) is 1. The van der Waals surface area contributed by atoms with E-state index in [9.17, 15) is 0 Å². The molecule has 21 heavy (non-hydrogen) atoms. The number of hydrogen-bond donors (Lipinski definition) is 2. The van der Waals surface area contributed by atoms with Crippen molar-refractivity contribution in [3.8, 4) is 0 Å². The van der Waals surface area contributed by atoms with Gasteiger partial charge in [0.25, 0.3) is 0 Å². The number of nitrogens with two attached hydrogens (primary N) is 1. The molecule has 1 unspecified atom stereocenters. The van der Waals surface area contributed by atoms with Gasteiger partial charge in [0.15, 0.2) is 0 Å². The van der Waals surface area contributed by atoms with Crippen LogP contribution in [-0.2, 0) is 0 Å². The van der Waals surface area contributed by atoms with Crippen LogP contribution in [0, 0.1) is 13.8 Å². The number of hydrogen-bond acceptors (Lipinski definition) is 4. The molecule has 108 valence electrons. The summed E-state index contributed by atoms with van der Waals surface area (Å²) < 4.78 is 0. The lowest BCUT2D eigenvalue weighted by Gasteiger charge is -2.18. The summed E-state index contributed by atoms with van der Waals surface area (Å²) in [4.78, 5) is 6.83. The number of fused-ring (bicyclic) bond motifs is 1. The first-order chi connectivity index (χ1) is 10.1. The van der Waals surface area contributed by atoms with E-state index in [1.54, 1.807) is 6.20 Å². The second kappa shape index (κ2) is 5.37. The van der Waals surface area contributed by atoms with E-state index in [1.165, 1.54) is 15.3 Å². The molecule has 3 aromatic rings. The average Bonchev–Trinajstić information content (AvgIpc) is 2.81. The predicted molar refractivity (Wildman–Crippen MR) is 92.0 cm³/mol. The molecule has 3 N–H and O–H groups in total. The van der Waals surface area contributed by atoms with Gasteiger partial charge in [0.1, 0.15) is 0 Å². The van der Waals surface area contributed by atoms with Crippen LogP contribution in [0.1, 0.15) is 28.3 Å². The van der Waals surface area contributed by atoms with Crippen LogP contribution in [0.3, 0.4) is 0 Å². The summed E-state index contributed by atoms with van der Waals surface area (Å²) in [5.41, 5.74) is 9.40. The first kappa shape index (κ1) is 13.9. The smallest absolute Gasteiger partial charge is 0.0630 e. The Bertz CT molecular complexity index is 792. The fourth-order valence-electron chi connectivity index (χ4n) is 2.71. The van der Waals surface area contributed by atoms with Crippen molar-refractivity contribution in [3.05, 3.63) is 52.0 Å². The highest BCUT2D eigenvalue weighted by molar-refractivity contribution is 7.12. The molecule has 0 saturated carbocycles. The maximum Gasteiger partial charge on any atom is 0.0630 e. The summed E-state index contributed by atoms with van der Waals surface area (Å²) >= 11 is 1.84. The van der Waals surface area contributed by atoms with Crippen LogP contribution in [0.5, 0.6) is 0 Å². The predicted octanol–water partition coefficient (Wildman–Crippen LogP) is 4.67. The molecule has 3 rings (SSSR count). The molecule has 0 fully saturated rings. The number of thiophene rings is 1. The Morgan fingerprint density at radius 1 is 1.24 bits per heavy atom. The van der Waals surface area contributed by atoms with Crippen molar-refractivity contribution in [1.82, 2.24) is 4.98 Å². The molecule has 1 atom stereocenters. The van der Waals surface area contributed by atoms with Crippen LogP contribution in [0.2, 0.25) is 0 Å². The van der Waals surface area contributed by atoms with E-state index in [0.717, 1.165) is 22.1 Å². The average molecular weight is 297 g/mol. The van der Waals surface area contributed by atoms with Crippen molar-refractivity contribution in [2.75, 3.05) is 11.1 Å². The molecule has 0 amide bonds. The molecule has 0 bridgehead atoms. The maximum absolute atomic E-state index is 6.30. The zero-order chi connectivity index (χ0) is 15.0. The number of benzene rings is 1. The summed E-state index contributed by atoms with van der Waals surface area (Å²) in [6.45, 7) is 6.48. The van der Waals surface area contributed by atoms with E-state index >= 15 is 0 Å². The van der Waals surface area contributed by atoms with E-state index in [0.29, 0.717) is 0 Å². The highest BCUT2D eigenvalue weighted by Gasteiger charge is 2.13. The van der Waals surface area contributed by atoms with Gasteiger partial charge in [-0.2, -0.15) is 0 Å². The van der Waals surface area contributed by atoms with Crippen LogP contribution >= 0.6 is 11.3 Å². The van der Waals surface area contributed by atoms with E-state index < -0.39 is 0 Å². The van der Waals surface area contributed by atoms with Gasteiger partial charge in [0.2, 0.25) is 0 Å². The highest BCUT2D eigenvalue weighted by atomic mass is 32.1. The number of nitrogen functional groups attached to an aromatic ring is 1. The van der Waals surface area contributed by atoms with Gasteiger partial charge in [-0.1, -0.05) is 6.07 Å². The number of aryl methyl sites for hydroxylation is 2. The van der Waals surface area contributed by atoms with Crippen molar-refractivity contribution < 1.29 is 0 Å². The minimum Gasteiger partial charge on any atom is -0.397 e. The Labute approximate surface area is 128 Å². The number of nitrogens with one attached hydrogen (secondary N) is 1. The van der Waals surface area contributed by atoms with Crippen LogP contribution in [0.4, 0.5) is 11.4 Å². The molecule has 0 radical (unpaired) electrons. The minimum absolute atomic E-state index is 0.233. The molecule has 3 nitrogen and oxygen atoms in total. The summed E-state index contributed by atoms with van der Waals surface area (Å²) in [6, 6.07) is 8.53. The largest absolute Gasteiger partial charge is 0.397 e. The Kier molecular flexibility index (Phi) is 3.55. The van der Waals surface area contributed by atoms with E-state index in [2.05, 4.69) is 43.2 Å². The molecule has 1 aromatic carbocycles. The van der Waals surface area contributed by atoms with Crippen molar-refractivity contribution >= 4 is 33.5 Å². The first-order valence-corrected chi connectivity index (χ1v) is 7.83. The number of rotatable bonds is 3. The lowest BCUT2D eigenvalue weighted by Crippen LogP contribution is -2.08. The van der Waals surface area contributed by atoms with Gasteiger partial charge in [-0.25, -0.2) is 0 Å². The Hall–Kier alpha value is -2.07. The molecule has 2 aromatic heterocycles. The summed E-state index contributed by atoms with van der Waals surface area (Å²) in [7, 11) is 0. The summed E-state index contributed by atoms with van der Waals surface area (Å²) in [6.07, 6.45) is 3.61. The second-order valence-electron chi connectivity index (χ2n) is 5.36. The van der Waals surface area contributed by atoms with Crippen LogP contribution in [0.15, 0.2) is 36.7 Å². The van der Waals surface area contributed by atoms with Crippen LogP contribution in [-0.4, -0.2) is 4.98 Å². The van der Waals surface area contributed by atoms with Gasteiger partial charge in [0, 0.05) is 39.0 Å². The fraction of sp³-hybridized carbons (Fsp3) is 0.235. The van der Waals surface area contributed by atoms with Gasteiger partial charge < -0.3 is 11.1 Å². The van der Waals surface area contributed by atoms with E-state index in [4.69, 9.17) is 5.73 Å². The van der Waals surface area contributed by atoms with E-state index in [1.807, 2.05) is 29.7 Å². The van der Waals surface area contributed by atoms with Gasteiger partial charge in [-0.05, 0) is 44.5 Å². The monoisotopic (exact) mass is 297 g/mol. The SMILES string of the molecule is Cc1cc(C(C)Nc2ccc3cnccc3c2N)c(C)s1. The standard InChI is InChI=1S/C17H19N3S/c1-10-8-15(12(3)21-10)11(2)20-16-5-4-13-9-19-7-6-14(13)17(16)18/h4-9,11,20H,18H2,1-3H3. The van der Waals surface area contributed by atoms with Crippen molar-refractivity contribution in [1.29, 1.82) is 0 Å². The van der Waals surface area contributed by atoms with Gasteiger partial charge in [-0.3, -0.25) is 4.98 Å². The Morgan fingerprint density at radius 3 is 2.76 bits per heavy atom. The minimum atomic E-state index is 0.233. The van der Waals surface area contributed by atoms with Gasteiger partial charge >= 0.3 is 0 Å². The number of aromatic nitrogens is 1. The second-order valence-corrected chi connectivity index (χ2v) is 6.82. The van der Waals surface area contributed by atoms with Crippen molar-refractivity contribution in [3.63, 3.8) is 0 Å². The molecular formula is C17H19N3S. The number of pyridine rings is 1. The maximum atomic E-state index is 6.30. The third-order valence-corrected chi connectivity index (χ3v) is 4.76. The summed E-state index contributed by atoms with van der Waals surface area (Å²) in [5, 5.41) is 5.64. The normalized spacial score (nSPS) is 12.5.